The summed E-state index contributed by atoms with van der Waals surface area (Å²) in [7, 11) is 0. The van der Waals surface area contributed by atoms with Crippen LogP contribution in [0.5, 0.6) is 11.5 Å². The van der Waals surface area contributed by atoms with E-state index in [-0.39, 0.29) is 18.6 Å². The maximum Gasteiger partial charge on any atom is 0.405 e. The molecule has 1 N–H and O–H groups in total. The van der Waals surface area contributed by atoms with E-state index in [9.17, 15) is 22.8 Å². The molecule has 5 nitrogen and oxygen atoms in total. The number of amides is 1. The van der Waals surface area contributed by atoms with Crippen molar-refractivity contribution in [2.45, 2.75) is 25.4 Å². The average Bonchev–Trinajstić information content (AvgIpc) is 2.74. The zero-order valence-corrected chi connectivity index (χ0v) is 12.2. The van der Waals surface area contributed by atoms with E-state index in [1.165, 1.54) is 6.07 Å². The number of carbonyl (C=O) groups is 2. The highest BCUT2D eigenvalue weighted by Gasteiger charge is 2.27. The van der Waals surface area contributed by atoms with Crippen LogP contribution in [0.4, 0.5) is 13.2 Å². The minimum Gasteiger partial charge on any atom is -0.490 e. The van der Waals surface area contributed by atoms with E-state index in [1.807, 2.05) is 0 Å². The molecule has 0 saturated heterocycles. The van der Waals surface area contributed by atoms with Crippen LogP contribution in [0.2, 0.25) is 0 Å². The minimum absolute atomic E-state index is 0.177. The Hall–Kier alpha value is -2.25. The summed E-state index contributed by atoms with van der Waals surface area (Å²) in [6.07, 6.45) is -4.21. The van der Waals surface area contributed by atoms with Crippen molar-refractivity contribution in [3.8, 4) is 11.5 Å². The maximum absolute atomic E-state index is 12.0. The SMILES string of the molecule is O=C(CCC(=O)c1ccc2c(c1)OCCCO2)NCC(F)(F)F. The number of ether oxygens (including phenoxy) is 2. The molecule has 1 aromatic rings. The van der Waals surface area contributed by atoms with Crippen LogP contribution >= 0.6 is 0 Å². The number of nitrogens with one attached hydrogen (secondary N) is 1. The molecule has 0 aromatic heterocycles. The van der Waals surface area contributed by atoms with E-state index in [4.69, 9.17) is 9.47 Å². The molecular formula is C15H16F3NO4. The Labute approximate surface area is 130 Å². The van der Waals surface area contributed by atoms with Gasteiger partial charge in [0.05, 0.1) is 13.2 Å². The van der Waals surface area contributed by atoms with Crippen LogP contribution in [-0.4, -0.2) is 37.6 Å². The molecule has 0 bridgehead atoms. The summed E-state index contributed by atoms with van der Waals surface area (Å²) in [5, 5.41) is 1.73. The third-order valence-electron chi connectivity index (χ3n) is 3.13. The first-order valence-corrected chi connectivity index (χ1v) is 7.11. The number of alkyl halides is 3. The molecule has 0 atom stereocenters. The van der Waals surface area contributed by atoms with Crippen molar-refractivity contribution in [2.24, 2.45) is 0 Å². The zero-order chi connectivity index (χ0) is 16.9. The van der Waals surface area contributed by atoms with Gasteiger partial charge >= 0.3 is 6.18 Å². The van der Waals surface area contributed by atoms with Gasteiger partial charge in [0, 0.05) is 24.8 Å². The van der Waals surface area contributed by atoms with Crippen molar-refractivity contribution in [3.05, 3.63) is 23.8 Å². The second-order valence-corrected chi connectivity index (χ2v) is 5.03. The summed E-state index contributed by atoms with van der Waals surface area (Å²) in [6.45, 7) is -0.395. The number of benzene rings is 1. The fraction of sp³-hybridized carbons (Fsp3) is 0.467. The Kier molecular flexibility index (Phi) is 5.46. The van der Waals surface area contributed by atoms with Gasteiger partial charge < -0.3 is 14.8 Å². The lowest BCUT2D eigenvalue weighted by atomic mass is 10.1. The summed E-state index contributed by atoms with van der Waals surface area (Å²) < 4.78 is 46.8. The Morgan fingerprint density at radius 1 is 1.09 bits per heavy atom. The number of halogens is 3. The van der Waals surface area contributed by atoms with Crippen molar-refractivity contribution in [1.29, 1.82) is 0 Å². The molecule has 1 aliphatic rings. The van der Waals surface area contributed by atoms with Gasteiger partial charge in [-0.15, -0.1) is 0 Å². The number of rotatable bonds is 5. The van der Waals surface area contributed by atoms with E-state index in [0.29, 0.717) is 30.3 Å². The first kappa shape index (κ1) is 17.1. The Bertz CT molecular complexity index is 587. The van der Waals surface area contributed by atoms with Gasteiger partial charge in [0.15, 0.2) is 17.3 Å². The van der Waals surface area contributed by atoms with Crippen molar-refractivity contribution in [3.63, 3.8) is 0 Å². The van der Waals surface area contributed by atoms with Gasteiger partial charge in [-0.2, -0.15) is 13.2 Å². The monoisotopic (exact) mass is 331 g/mol. The topological polar surface area (TPSA) is 64.6 Å². The average molecular weight is 331 g/mol. The highest BCUT2D eigenvalue weighted by atomic mass is 19.4. The molecule has 0 fully saturated rings. The van der Waals surface area contributed by atoms with Crippen LogP contribution < -0.4 is 14.8 Å². The molecule has 23 heavy (non-hydrogen) atoms. The van der Waals surface area contributed by atoms with Crippen LogP contribution in [-0.2, 0) is 4.79 Å². The lowest BCUT2D eigenvalue weighted by Gasteiger charge is -2.09. The molecule has 1 aliphatic heterocycles. The van der Waals surface area contributed by atoms with Crippen molar-refractivity contribution >= 4 is 11.7 Å². The van der Waals surface area contributed by atoms with Crippen LogP contribution in [0.25, 0.3) is 0 Å². The van der Waals surface area contributed by atoms with Gasteiger partial charge in [0.1, 0.15) is 6.54 Å². The molecule has 0 spiro atoms. The third kappa shape index (κ3) is 5.46. The zero-order valence-electron chi connectivity index (χ0n) is 12.2. The number of hydrogen-bond acceptors (Lipinski definition) is 4. The summed E-state index contributed by atoms with van der Waals surface area (Å²) in [6, 6.07) is 4.68. The number of hydrogen-bond donors (Lipinski definition) is 1. The van der Waals surface area contributed by atoms with Crippen molar-refractivity contribution in [2.75, 3.05) is 19.8 Å². The van der Waals surface area contributed by atoms with Gasteiger partial charge in [-0.3, -0.25) is 9.59 Å². The molecule has 1 aromatic carbocycles. The Balaban J connectivity index is 1.88. The first-order valence-electron chi connectivity index (χ1n) is 7.11. The lowest BCUT2D eigenvalue weighted by Crippen LogP contribution is -2.33. The number of ketones is 1. The fourth-order valence-electron chi connectivity index (χ4n) is 2.00. The predicted octanol–water partition coefficient (Wildman–Crippen LogP) is 2.49. The van der Waals surface area contributed by atoms with Crippen LogP contribution in [0.1, 0.15) is 29.6 Å². The van der Waals surface area contributed by atoms with Gasteiger partial charge in [0.2, 0.25) is 5.91 Å². The van der Waals surface area contributed by atoms with E-state index >= 15 is 0 Å². The van der Waals surface area contributed by atoms with Crippen LogP contribution in [0, 0.1) is 0 Å². The molecule has 8 heteroatoms. The maximum atomic E-state index is 12.0. The van der Waals surface area contributed by atoms with Crippen molar-refractivity contribution < 1.29 is 32.2 Å². The third-order valence-corrected chi connectivity index (χ3v) is 3.13. The highest BCUT2D eigenvalue weighted by molar-refractivity contribution is 5.98. The van der Waals surface area contributed by atoms with E-state index in [0.717, 1.165) is 6.42 Å². The molecule has 0 radical (unpaired) electrons. The predicted molar refractivity (Wildman–Crippen MR) is 74.7 cm³/mol. The second-order valence-electron chi connectivity index (χ2n) is 5.03. The molecule has 1 amide bonds. The largest absolute Gasteiger partial charge is 0.490 e. The van der Waals surface area contributed by atoms with Crippen molar-refractivity contribution in [1.82, 2.24) is 5.32 Å². The minimum atomic E-state index is -4.46. The molecule has 0 unspecified atom stereocenters. The molecule has 0 saturated carbocycles. The number of carbonyl (C=O) groups excluding carboxylic acids is 2. The first-order chi connectivity index (χ1) is 10.8. The smallest absolute Gasteiger partial charge is 0.405 e. The number of Topliss-reactive ketones (excluding diaryl/α,β-unsaturated/α-hetero) is 1. The molecule has 1 heterocycles. The van der Waals surface area contributed by atoms with Gasteiger partial charge in [-0.25, -0.2) is 0 Å². The normalized spacial score (nSPS) is 14.0. The molecule has 0 aliphatic carbocycles. The van der Waals surface area contributed by atoms with Gasteiger partial charge in [-0.05, 0) is 18.2 Å². The summed E-state index contributed by atoms with van der Waals surface area (Å²) >= 11 is 0. The highest BCUT2D eigenvalue weighted by Crippen LogP contribution is 2.30. The Morgan fingerprint density at radius 3 is 2.48 bits per heavy atom. The number of fused-ring (bicyclic) bond motifs is 1. The summed E-state index contributed by atoms with van der Waals surface area (Å²) in [5.41, 5.74) is 0.331. The van der Waals surface area contributed by atoms with Crippen LogP contribution in [0.3, 0.4) is 0 Å². The lowest BCUT2D eigenvalue weighted by molar-refractivity contribution is -0.138. The van der Waals surface area contributed by atoms with E-state index < -0.39 is 18.6 Å². The molecule has 126 valence electrons. The van der Waals surface area contributed by atoms with E-state index in [1.54, 1.807) is 17.4 Å². The summed E-state index contributed by atoms with van der Waals surface area (Å²) in [5.74, 6) is -0.162. The quantitative estimate of drug-likeness (QED) is 0.842. The molecule has 2 rings (SSSR count). The van der Waals surface area contributed by atoms with Gasteiger partial charge in [-0.1, -0.05) is 0 Å². The summed E-state index contributed by atoms with van der Waals surface area (Å²) in [4.78, 5) is 23.3. The fourth-order valence-corrected chi connectivity index (χ4v) is 2.00. The van der Waals surface area contributed by atoms with Gasteiger partial charge in [0.25, 0.3) is 0 Å². The molecular weight excluding hydrogens is 315 g/mol. The standard InChI is InChI=1S/C15H16F3NO4/c16-15(17,18)9-19-14(21)5-3-11(20)10-2-4-12-13(8-10)23-7-1-6-22-12/h2,4,8H,1,3,5-7,9H2,(H,19,21). The second kappa shape index (κ2) is 7.34. The van der Waals surface area contributed by atoms with Crippen LogP contribution in [0.15, 0.2) is 18.2 Å². The Morgan fingerprint density at radius 2 is 1.78 bits per heavy atom. The van der Waals surface area contributed by atoms with E-state index in [2.05, 4.69) is 0 Å².